The number of hydrogen-bond acceptors (Lipinski definition) is 7. The predicted octanol–water partition coefficient (Wildman–Crippen LogP) is 4.80. The van der Waals surface area contributed by atoms with Crippen molar-refractivity contribution in [2.45, 2.75) is 58.2 Å². The Morgan fingerprint density at radius 3 is 2.50 bits per heavy atom. The molecule has 0 atom stereocenters. The van der Waals surface area contributed by atoms with E-state index in [0.717, 1.165) is 11.1 Å². The van der Waals surface area contributed by atoms with Crippen LogP contribution in [0.15, 0.2) is 22.6 Å². The maximum absolute atomic E-state index is 5.80. The van der Waals surface area contributed by atoms with Crippen molar-refractivity contribution in [1.82, 2.24) is 15.2 Å². The van der Waals surface area contributed by atoms with Gasteiger partial charge in [0.05, 0.1) is 12.1 Å². The number of benzene rings is 1. The molecule has 30 heavy (non-hydrogen) atoms. The van der Waals surface area contributed by atoms with Gasteiger partial charge in [-0.25, -0.2) is 4.98 Å². The van der Waals surface area contributed by atoms with Gasteiger partial charge in [0.15, 0.2) is 6.29 Å². The first-order valence-corrected chi connectivity index (χ1v) is 10.4. The minimum atomic E-state index is -0.392. The number of aromatic nitrogens is 3. The highest BCUT2D eigenvalue weighted by molar-refractivity contribution is 5.88. The molecule has 0 radical (unpaired) electrons. The van der Waals surface area contributed by atoms with Crippen LogP contribution in [0.3, 0.4) is 0 Å². The number of pyridine rings is 1. The van der Waals surface area contributed by atoms with E-state index in [2.05, 4.69) is 55.3 Å². The minimum Gasteiger partial charge on any atom is -0.402 e. The molecule has 0 spiro atoms. The Bertz CT molecular complexity index is 1050. The van der Waals surface area contributed by atoms with E-state index in [1.807, 2.05) is 6.07 Å². The zero-order valence-electron chi connectivity index (χ0n) is 18.6. The number of anilines is 1. The van der Waals surface area contributed by atoms with Crippen molar-refractivity contribution >= 4 is 16.9 Å². The Morgan fingerprint density at radius 1 is 1.13 bits per heavy atom. The lowest BCUT2D eigenvalue weighted by molar-refractivity contribution is -0.0916. The maximum Gasteiger partial charge on any atom is 0.315 e. The summed E-state index contributed by atoms with van der Waals surface area (Å²) in [6, 6.07) is 6.98. The van der Waals surface area contributed by atoms with Crippen LogP contribution in [0.2, 0.25) is 0 Å². The van der Waals surface area contributed by atoms with Gasteiger partial charge < -0.3 is 19.2 Å². The zero-order chi connectivity index (χ0) is 21.5. The van der Waals surface area contributed by atoms with Gasteiger partial charge >= 0.3 is 6.01 Å². The number of fused-ring (bicyclic) bond motifs is 1. The predicted molar refractivity (Wildman–Crippen MR) is 117 cm³/mol. The van der Waals surface area contributed by atoms with Crippen LogP contribution in [0.1, 0.15) is 56.2 Å². The van der Waals surface area contributed by atoms with E-state index in [4.69, 9.17) is 18.9 Å². The largest absolute Gasteiger partial charge is 0.402 e. The summed E-state index contributed by atoms with van der Waals surface area (Å²) in [6.45, 7) is 9.22. The summed E-state index contributed by atoms with van der Waals surface area (Å²) in [4.78, 5) is 4.96. The lowest BCUT2D eigenvalue weighted by Gasteiger charge is -2.23. The Balaban J connectivity index is 1.72. The van der Waals surface area contributed by atoms with E-state index in [9.17, 15) is 0 Å². The number of nitrogens with one attached hydrogen (secondary N) is 1. The molecule has 0 unspecified atom stereocenters. The van der Waals surface area contributed by atoms with Crippen molar-refractivity contribution < 1.29 is 13.9 Å². The molecule has 1 fully saturated rings. The average Bonchev–Trinajstić information content (AvgIpc) is 3.45. The van der Waals surface area contributed by atoms with Crippen LogP contribution in [0.25, 0.3) is 22.5 Å². The maximum atomic E-state index is 5.80. The molecule has 1 N–H and O–H groups in total. The van der Waals surface area contributed by atoms with E-state index in [1.165, 1.54) is 29.4 Å². The van der Waals surface area contributed by atoms with Crippen LogP contribution in [0.5, 0.6) is 0 Å². The van der Waals surface area contributed by atoms with Crippen molar-refractivity contribution in [3.63, 3.8) is 0 Å². The molecular formula is C23H30N4O3. The van der Waals surface area contributed by atoms with Crippen molar-refractivity contribution in [3.8, 4) is 11.6 Å². The Labute approximate surface area is 177 Å². The lowest BCUT2D eigenvalue weighted by atomic mass is 9.83. The van der Waals surface area contributed by atoms with E-state index in [-0.39, 0.29) is 5.41 Å². The van der Waals surface area contributed by atoms with Crippen LogP contribution in [-0.4, -0.2) is 42.2 Å². The molecule has 0 aliphatic heterocycles. The Hall–Kier alpha value is -2.51. The fourth-order valence-electron chi connectivity index (χ4n) is 3.68. The number of hydrogen-bond donors (Lipinski definition) is 1. The molecule has 2 heterocycles. The summed E-state index contributed by atoms with van der Waals surface area (Å²) in [5.41, 5.74) is 5.52. The first-order chi connectivity index (χ1) is 14.3. The van der Waals surface area contributed by atoms with E-state index < -0.39 is 6.29 Å². The Kier molecular flexibility index (Phi) is 5.51. The van der Waals surface area contributed by atoms with Gasteiger partial charge in [0.25, 0.3) is 5.89 Å². The van der Waals surface area contributed by atoms with Gasteiger partial charge in [-0.15, -0.1) is 5.10 Å². The van der Waals surface area contributed by atoms with Crippen molar-refractivity contribution in [2.75, 3.05) is 26.1 Å². The number of rotatable bonds is 7. The first-order valence-electron chi connectivity index (χ1n) is 10.4. The second kappa shape index (κ2) is 7.96. The molecule has 0 amide bonds. The molecule has 1 aliphatic carbocycles. The summed E-state index contributed by atoms with van der Waals surface area (Å²) in [6.07, 6.45) is 2.17. The van der Waals surface area contributed by atoms with Gasteiger partial charge in [-0.1, -0.05) is 31.9 Å². The summed E-state index contributed by atoms with van der Waals surface area (Å²) >= 11 is 0. The first kappa shape index (κ1) is 20.8. The molecule has 1 saturated carbocycles. The second-order valence-corrected chi connectivity index (χ2v) is 9.01. The van der Waals surface area contributed by atoms with Crippen LogP contribution < -0.4 is 5.32 Å². The summed E-state index contributed by atoms with van der Waals surface area (Å²) in [5.74, 6) is 1.09. The number of aryl methyl sites for hydroxylation is 1. The zero-order valence-corrected chi connectivity index (χ0v) is 18.6. The van der Waals surface area contributed by atoms with Gasteiger partial charge in [-0.05, 0) is 59.9 Å². The molecule has 4 rings (SSSR count). The molecule has 0 saturated heterocycles. The monoisotopic (exact) mass is 410 g/mol. The number of ether oxygens (including phenoxy) is 2. The number of methoxy groups -OCH3 is 2. The highest BCUT2D eigenvalue weighted by Crippen LogP contribution is 2.44. The summed E-state index contributed by atoms with van der Waals surface area (Å²) in [7, 11) is 3.16. The van der Waals surface area contributed by atoms with E-state index in [1.54, 1.807) is 14.2 Å². The van der Waals surface area contributed by atoms with Gasteiger partial charge in [-0.2, -0.15) is 0 Å². The smallest absolute Gasteiger partial charge is 0.315 e. The van der Waals surface area contributed by atoms with Crippen molar-refractivity contribution in [1.29, 1.82) is 0 Å². The van der Waals surface area contributed by atoms with Gasteiger partial charge in [0.2, 0.25) is 0 Å². The van der Waals surface area contributed by atoms with Gasteiger partial charge in [-0.3, -0.25) is 0 Å². The second-order valence-electron chi connectivity index (χ2n) is 9.01. The summed E-state index contributed by atoms with van der Waals surface area (Å²) < 4.78 is 16.1. The third-order valence-corrected chi connectivity index (χ3v) is 5.59. The molecule has 0 bridgehead atoms. The normalized spacial score (nSPS) is 14.6. The van der Waals surface area contributed by atoms with Crippen LogP contribution in [0.4, 0.5) is 6.01 Å². The molecular weight excluding hydrogens is 380 g/mol. The average molecular weight is 411 g/mol. The molecule has 3 aromatic rings. The van der Waals surface area contributed by atoms with Gasteiger partial charge in [0.1, 0.15) is 5.69 Å². The minimum absolute atomic E-state index is 0.0158. The van der Waals surface area contributed by atoms with Crippen molar-refractivity contribution in [2.24, 2.45) is 0 Å². The topological polar surface area (TPSA) is 82.3 Å². The van der Waals surface area contributed by atoms with Crippen LogP contribution in [-0.2, 0) is 14.9 Å². The SMILES string of the molecule is COC(CNc1nnc(-c2cc(C)c3cc(C4CC4)cc(C(C)(C)C)c3n2)o1)OC. The highest BCUT2D eigenvalue weighted by Gasteiger charge is 2.28. The van der Waals surface area contributed by atoms with Crippen LogP contribution >= 0.6 is 0 Å². The van der Waals surface area contributed by atoms with E-state index in [0.29, 0.717) is 30.1 Å². The highest BCUT2D eigenvalue weighted by atomic mass is 16.7. The summed E-state index contributed by atoms with van der Waals surface area (Å²) in [5, 5.41) is 12.5. The molecule has 7 nitrogen and oxygen atoms in total. The standard InChI is InChI=1S/C23H30N4O3/c1-13-9-18(21-26-27-22(30-21)24-12-19(28-5)29-6)25-20-16(13)10-15(14-7-8-14)11-17(20)23(2,3)4/h9-11,14,19H,7-8,12H2,1-6H3,(H,24,27). The number of nitrogens with zero attached hydrogens (tertiary/aromatic N) is 3. The fourth-order valence-corrected chi connectivity index (χ4v) is 3.68. The lowest BCUT2D eigenvalue weighted by Crippen LogP contribution is -2.23. The Morgan fingerprint density at radius 2 is 1.87 bits per heavy atom. The molecule has 2 aromatic heterocycles. The van der Waals surface area contributed by atoms with Gasteiger partial charge in [0, 0.05) is 19.6 Å². The fraction of sp³-hybridized carbons (Fsp3) is 0.522. The molecule has 1 aromatic carbocycles. The molecule has 7 heteroatoms. The van der Waals surface area contributed by atoms with E-state index >= 15 is 0 Å². The third kappa shape index (κ3) is 4.18. The van der Waals surface area contributed by atoms with Crippen molar-refractivity contribution in [3.05, 3.63) is 34.9 Å². The quantitative estimate of drug-likeness (QED) is 0.560. The van der Waals surface area contributed by atoms with Crippen LogP contribution in [0, 0.1) is 6.92 Å². The third-order valence-electron chi connectivity index (χ3n) is 5.59. The molecule has 160 valence electrons. The molecule has 1 aliphatic rings.